The Bertz CT molecular complexity index is 428. The molecule has 0 aliphatic heterocycles. The monoisotopic (exact) mass is 264 g/mol. The number of aliphatic hydroxyl groups is 1. The number of hydrogen-bond acceptors (Lipinski definition) is 3. The van der Waals surface area contributed by atoms with Gasteiger partial charge in [-0.25, -0.2) is 0 Å². The summed E-state index contributed by atoms with van der Waals surface area (Å²) in [5.41, 5.74) is -0.00157. The molecule has 3 nitrogen and oxygen atoms in total. The average molecular weight is 264 g/mol. The lowest BCUT2D eigenvalue weighted by Gasteiger charge is -2.38. The Morgan fingerprint density at radius 2 is 1.89 bits per heavy atom. The maximum atomic E-state index is 11.1. The Morgan fingerprint density at radius 3 is 2.53 bits per heavy atom. The highest BCUT2D eigenvalue weighted by molar-refractivity contribution is 5.40. The summed E-state index contributed by atoms with van der Waals surface area (Å²) in [6.45, 7) is 5.32. The lowest BCUT2D eigenvalue weighted by molar-refractivity contribution is -0.0506. The fourth-order valence-electron chi connectivity index (χ4n) is 3.00. The lowest BCUT2D eigenvalue weighted by Crippen LogP contribution is -2.37. The minimum Gasteiger partial charge on any atom is -0.491 e. The zero-order chi connectivity index (χ0) is 13.9. The molecule has 0 bridgehead atoms. The summed E-state index contributed by atoms with van der Waals surface area (Å²) in [6.07, 6.45) is 2.89. The highest BCUT2D eigenvalue weighted by atomic mass is 16.5. The normalized spacial score (nSPS) is 25.5. The first kappa shape index (κ1) is 14.4. The van der Waals surface area contributed by atoms with E-state index in [4.69, 9.17) is 9.47 Å². The Kier molecular flexibility index (Phi) is 4.16. The first-order valence-electron chi connectivity index (χ1n) is 6.95. The quantitative estimate of drug-likeness (QED) is 0.830. The Labute approximate surface area is 115 Å². The molecule has 1 aliphatic carbocycles. The molecule has 1 atom stereocenters. The van der Waals surface area contributed by atoms with Crippen molar-refractivity contribution < 1.29 is 14.6 Å². The van der Waals surface area contributed by atoms with Crippen LogP contribution in [0.3, 0.4) is 0 Å². The lowest BCUT2D eigenvalue weighted by atomic mass is 9.73. The van der Waals surface area contributed by atoms with Gasteiger partial charge in [-0.3, -0.25) is 0 Å². The molecular formula is C16H24O3. The second kappa shape index (κ2) is 5.51. The van der Waals surface area contributed by atoms with Gasteiger partial charge in [-0.05, 0) is 30.7 Å². The minimum atomic E-state index is -0.795. The summed E-state index contributed by atoms with van der Waals surface area (Å²) in [4.78, 5) is 0. The molecule has 1 fully saturated rings. The number of rotatable bonds is 5. The molecule has 0 spiro atoms. The zero-order valence-corrected chi connectivity index (χ0v) is 12.1. The molecule has 1 aromatic carbocycles. The molecule has 2 rings (SSSR count). The van der Waals surface area contributed by atoms with Crippen LogP contribution >= 0.6 is 0 Å². The van der Waals surface area contributed by atoms with Crippen molar-refractivity contribution in [2.45, 2.75) is 38.7 Å². The number of ether oxygens (including phenoxy) is 2. The molecule has 0 saturated heterocycles. The van der Waals surface area contributed by atoms with E-state index in [-0.39, 0.29) is 5.41 Å². The maximum absolute atomic E-state index is 11.1. The van der Waals surface area contributed by atoms with E-state index >= 15 is 0 Å². The third-order valence-electron chi connectivity index (χ3n) is 4.34. The molecule has 1 aliphatic rings. The fraction of sp³-hybridized carbons (Fsp3) is 0.625. The van der Waals surface area contributed by atoms with Gasteiger partial charge in [0.15, 0.2) is 0 Å². The summed E-state index contributed by atoms with van der Waals surface area (Å²) in [7, 11) is 1.66. The molecule has 1 aromatic rings. The van der Waals surface area contributed by atoms with E-state index in [0.29, 0.717) is 13.2 Å². The minimum absolute atomic E-state index is 0.117. The van der Waals surface area contributed by atoms with E-state index in [0.717, 1.165) is 30.6 Å². The van der Waals surface area contributed by atoms with Crippen molar-refractivity contribution in [2.24, 2.45) is 5.41 Å². The third kappa shape index (κ3) is 2.63. The molecule has 1 saturated carbocycles. The van der Waals surface area contributed by atoms with Gasteiger partial charge in [0, 0.05) is 12.7 Å². The largest absolute Gasteiger partial charge is 0.491 e. The first-order valence-corrected chi connectivity index (χ1v) is 6.95. The second-order valence-electron chi connectivity index (χ2n) is 5.94. The molecule has 0 amide bonds. The van der Waals surface area contributed by atoms with E-state index < -0.39 is 5.60 Å². The van der Waals surface area contributed by atoms with Crippen molar-refractivity contribution in [2.75, 3.05) is 20.3 Å². The van der Waals surface area contributed by atoms with Gasteiger partial charge >= 0.3 is 0 Å². The highest BCUT2D eigenvalue weighted by Gasteiger charge is 2.49. The Hall–Kier alpha value is -1.06. The number of benzene rings is 1. The third-order valence-corrected chi connectivity index (χ3v) is 4.34. The summed E-state index contributed by atoms with van der Waals surface area (Å²) in [5, 5.41) is 11.1. The van der Waals surface area contributed by atoms with Gasteiger partial charge in [0.05, 0.1) is 12.2 Å². The van der Waals surface area contributed by atoms with Crippen molar-refractivity contribution in [1.29, 1.82) is 0 Å². The van der Waals surface area contributed by atoms with Crippen LogP contribution < -0.4 is 4.74 Å². The van der Waals surface area contributed by atoms with Crippen LogP contribution in [-0.4, -0.2) is 25.4 Å². The summed E-state index contributed by atoms with van der Waals surface area (Å²) < 4.78 is 10.8. The van der Waals surface area contributed by atoms with Crippen LogP contribution in [0.2, 0.25) is 0 Å². The zero-order valence-electron chi connectivity index (χ0n) is 12.1. The Balaban J connectivity index is 2.29. The molecule has 106 valence electrons. The van der Waals surface area contributed by atoms with Gasteiger partial charge in [-0.1, -0.05) is 32.0 Å². The standard InChI is InChI=1S/C16H24O3/c1-15(2)9-6-10-16(15,17)13-7-4-5-8-14(13)19-12-11-18-3/h4-5,7-8,17H,6,9-12H2,1-3H3. The van der Waals surface area contributed by atoms with Crippen LogP contribution in [0.4, 0.5) is 0 Å². The predicted octanol–water partition coefficient (Wildman–Crippen LogP) is 3.11. The van der Waals surface area contributed by atoms with E-state index in [1.54, 1.807) is 7.11 Å². The van der Waals surface area contributed by atoms with Crippen molar-refractivity contribution >= 4 is 0 Å². The molecule has 0 heterocycles. The molecule has 0 radical (unpaired) electrons. The smallest absolute Gasteiger partial charge is 0.125 e. The average Bonchev–Trinajstić information content (AvgIpc) is 2.65. The number of methoxy groups -OCH3 is 1. The number of para-hydroxylation sites is 1. The van der Waals surface area contributed by atoms with Crippen LogP contribution in [0.1, 0.15) is 38.7 Å². The van der Waals surface area contributed by atoms with E-state index in [2.05, 4.69) is 13.8 Å². The maximum Gasteiger partial charge on any atom is 0.125 e. The van der Waals surface area contributed by atoms with Crippen LogP contribution in [0.15, 0.2) is 24.3 Å². The fourth-order valence-corrected chi connectivity index (χ4v) is 3.00. The topological polar surface area (TPSA) is 38.7 Å². The van der Waals surface area contributed by atoms with Gasteiger partial charge < -0.3 is 14.6 Å². The molecule has 0 aromatic heterocycles. The van der Waals surface area contributed by atoms with Crippen LogP contribution in [0, 0.1) is 5.41 Å². The molecule has 1 N–H and O–H groups in total. The molecule has 3 heteroatoms. The van der Waals surface area contributed by atoms with E-state index in [1.165, 1.54) is 0 Å². The van der Waals surface area contributed by atoms with Gasteiger partial charge in [0.2, 0.25) is 0 Å². The van der Waals surface area contributed by atoms with Crippen molar-refractivity contribution in [3.63, 3.8) is 0 Å². The van der Waals surface area contributed by atoms with Gasteiger partial charge in [-0.15, -0.1) is 0 Å². The summed E-state index contributed by atoms with van der Waals surface area (Å²) in [6, 6.07) is 7.81. The van der Waals surface area contributed by atoms with Crippen molar-refractivity contribution in [1.82, 2.24) is 0 Å². The van der Waals surface area contributed by atoms with Gasteiger partial charge in [-0.2, -0.15) is 0 Å². The van der Waals surface area contributed by atoms with Crippen molar-refractivity contribution in [3.05, 3.63) is 29.8 Å². The van der Waals surface area contributed by atoms with Crippen LogP contribution in [0.25, 0.3) is 0 Å². The van der Waals surface area contributed by atoms with Crippen molar-refractivity contribution in [3.8, 4) is 5.75 Å². The first-order chi connectivity index (χ1) is 9.01. The highest BCUT2D eigenvalue weighted by Crippen LogP contribution is 2.54. The van der Waals surface area contributed by atoms with Gasteiger partial charge in [0.1, 0.15) is 12.4 Å². The summed E-state index contributed by atoms with van der Waals surface area (Å²) in [5.74, 6) is 0.775. The van der Waals surface area contributed by atoms with Gasteiger partial charge in [0.25, 0.3) is 0 Å². The summed E-state index contributed by atoms with van der Waals surface area (Å²) >= 11 is 0. The number of hydrogen-bond donors (Lipinski definition) is 1. The van der Waals surface area contributed by atoms with E-state index in [1.807, 2.05) is 24.3 Å². The molecular weight excluding hydrogens is 240 g/mol. The van der Waals surface area contributed by atoms with Crippen LogP contribution in [0.5, 0.6) is 5.75 Å². The van der Waals surface area contributed by atoms with Crippen LogP contribution in [-0.2, 0) is 10.3 Å². The second-order valence-corrected chi connectivity index (χ2v) is 5.94. The molecule has 1 unspecified atom stereocenters. The SMILES string of the molecule is COCCOc1ccccc1C1(O)CCCC1(C)C. The Morgan fingerprint density at radius 1 is 1.16 bits per heavy atom. The predicted molar refractivity (Wildman–Crippen MR) is 75.3 cm³/mol. The van der Waals surface area contributed by atoms with E-state index in [9.17, 15) is 5.11 Å². The molecule has 19 heavy (non-hydrogen) atoms.